The van der Waals surface area contributed by atoms with Gasteiger partial charge < -0.3 is 24.1 Å². The Morgan fingerprint density at radius 2 is 1.76 bits per heavy atom. The van der Waals surface area contributed by atoms with Crippen molar-refractivity contribution in [3.05, 3.63) is 59.7 Å². The molecule has 33 heavy (non-hydrogen) atoms. The lowest BCUT2D eigenvalue weighted by Crippen LogP contribution is -2.30. The Labute approximate surface area is 199 Å². The van der Waals surface area contributed by atoms with Gasteiger partial charge in [0.05, 0.1) is 19.0 Å². The Morgan fingerprint density at radius 3 is 2.36 bits per heavy atom. The fourth-order valence-corrected chi connectivity index (χ4v) is 3.14. The molecule has 9 heteroatoms. The number of carbonyl (C=O) groups is 2. The molecule has 1 amide bonds. The topological polar surface area (TPSA) is 103 Å². The van der Waals surface area contributed by atoms with Gasteiger partial charge in [-0.3, -0.25) is 10.1 Å². The van der Waals surface area contributed by atoms with Crippen molar-refractivity contribution in [1.82, 2.24) is 0 Å². The highest BCUT2D eigenvalue weighted by molar-refractivity contribution is 7.81. The zero-order valence-corrected chi connectivity index (χ0v) is 19.8. The van der Waals surface area contributed by atoms with Gasteiger partial charge >= 0.3 is 12.1 Å². The first kappa shape index (κ1) is 26.5. The van der Waals surface area contributed by atoms with Crippen molar-refractivity contribution in [1.29, 1.82) is 0 Å². The molecule has 180 valence electrons. The van der Waals surface area contributed by atoms with Gasteiger partial charge in [0.2, 0.25) is 0 Å². The predicted molar refractivity (Wildman–Crippen MR) is 128 cm³/mol. The van der Waals surface area contributed by atoms with E-state index in [9.17, 15) is 9.59 Å². The number of esters is 1. The highest BCUT2D eigenvalue weighted by atomic mass is 32.1. The highest BCUT2D eigenvalue weighted by Crippen LogP contribution is 2.28. The van der Waals surface area contributed by atoms with Crippen molar-refractivity contribution in [2.45, 2.75) is 32.5 Å². The zero-order chi connectivity index (χ0) is 24.1. The minimum absolute atomic E-state index is 0.0203. The second kappa shape index (κ2) is 14.4. The lowest BCUT2D eigenvalue weighted by molar-refractivity contribution is -0.142. The molecule has 0 fully saturated rings. The smallest absolute Gasteiger partial charge is 0.412 e. The van der Waals surface area contributed by atoms with E-state index in [1.54, 1.807) is 36.4 Å². The average Bonchev–Trinajstić information content (AvgIpc) is 2.82. The number of nitrogens with one attached hydrogen (secondary N) is 1. The SMILES string of the molecule is CCO[C@@H](CCOC(=O)CS)[C@@H](OC(=O)Nc1ccc(C)cc1)c1ccc(OCCO)cc1. The van der Waals surface area contributed by atoms with Crippen molar-refractivity contribution < 1.29 is 33.6 Å². The fourth-order valence-electron chi connectivity index (χ4n) is 3.05. The number of hydrogen-bond acceptors (Lipinski definition) is 8. The summed E-state index contributed by atoms with van der Waals surface area (Å²) >= 11 is 3.90. The van der Waals surface area contributed by atoms with Crippen molar-refractivity contribution in [2.75, 3.05) is 37.5 Å². The number of rotatable bonds is 13. The fraction of sp³-hybridized carbons (Fsp3) is 0.417. The van der Waals surface area contributed by atoms with E-state index in [4.69, 9.17) is 24.1 Å². The Balaban J connectivity index is 2.19. The van der Waals surface area contributed by atoms with Crippen LogP contribution in [0.4, 0.5) is 10.5 Å². The maximum absolute atomic E-state index is 12.7. The molecule has 0 aromatic heterocycles. The maximum atomic E-state index is 12.7. The van der Waals surface area contributed by atoms with Crippen LogP contribution < -0.4 is 10.1 Å². The van der Waals surface area contributed by atoms with Crippen molar-refractivity contribution in [3.8, 4) is 5.75 Å². The summed E-state index contributed by atoms with van der Waals surface area (Å²) < 4.78 is 22.2. The molecule has 0 radical (unpaired) electrons. The van der Waals surface area contributed by atoms with Crippen LogP contribution in [0.15, 0.2) is 48.5 Å². The Hall–Kier alpha value is -2.75. The first-order chi connectivity index (χ1) is 16.0. The second-order valence-electron chi connectivity index (χ2n) is 7.12. The Bertz CT molecular complexity index is 858. The van der Waals surface area contributed by atoms with Gasteiger partial charge in [0, 0.05) is 18.7 Å². The number of hydrogen-bond donors (Lipinski definition) is 3. The lowest BCUT2D eigenvalue weighted by Gasteiger charge is -2.27. The molecule has 8 nitrogen and oxygen atoms in total. The molecule has 0 saturated heterocycles. The normalized spacial score (nSPS) is 12.5. The van der Waals surface area contributed by atoms with E-state index in [1.165, 1.54) is 0 Å². The van der Waals surface area contributed by atoms with E-state index >= 15 is 0 Å². The molecule has 0 bridgehead atoms. The van der Waals surface area contributed by atoms with E-state index in [1.807, 2.05) is 26.0 Å². The number of aliphatic hydroxyl groups is 1. The monoisotopic (exact) mass is 477 g/mol. The predicted octanol–water partition coefficient (Wildman–Crippen LogP) is 3.92. The summed E-state index contributed by atoms with van der Waals surface area (Å²) in [4.78, 5) is 24.1. The van der Waals surface area contributed by atoms with E-state index in [2.05, 4.69) is 17.9 Å². The second-order valence-corrected chi connectivity index (χ2v) is 7.44. The van der Waals surface area contributed by atoms with Gasteiger partial charge in [-0.15, -0.1) is 0 Å². The first-order valence-corrected chi connectivity index (χ1v) is 11.4. The molecule has 2 rings (SSSR count). The summed E-state index contributed by atoms with van der Waals surface area (Å²) in [7, 11) is 0. The molecule has 0 heterocycles. The standard InChI is InChI=1S/C24H31NO7S/c1-3-29-21(12-14-31-22(27)16-33)23(18-6-10-20(11-7-18)30-15-13-26)32-24(28)25-19-8-4-17(2)5-9-19/h4-11,21,23,26,33H,3,12-16H2,1-2H3,(H,25,28)/t21-,23-/m0/s1. The van der Waals surface area contributed by atoms with Gasteiger partial charge in [-0.1, -0.05) is 29.8 Å². The molecule has 2 atom stereocenters. The van der Waals surface area contributed by atoms with Crippen LogP contribution in [0, 0.1) is 6.92 Å². The molecular formula is C24H31NO7S. The van der Waals surface area contributed by atoms with Gasteiger partial charge in [0.15, 0.2) is 6.10 Å². The van der Waals surface area contributed by atoms with Crippen LogP contribution in [0.2, 0.25) is 0 Å². The number of carbonyl (C=O) groups excluding carboxylic acids is 2. The molecule has 0 aliphatic carbocycles. The number of anilines is 1. The molecule has 0 aliphatic rings. The summed E-state index contributed by atoms with van der Waals surface area (Å²) in [6.45, 7) is 4.35. The summed E-state index contributed by atoms with van der Waals surface area (Å²) in [5, 5.41) is 11.7. The van der Waals surface area contributed by atoms with Crippen LogP contribution in [0.25, 0.3) is 0 Å². The molecule has 0 aliphatic heterocycles. The number of aryl methyl sites for hydroxylation is 1. The minimum atomic E-state index is -0.767. The van der Waals surface area contributed by atoms with Crippen LogP contribution >= 0.6 is 12.6 Å². The largest absolute Gasteiger partial charge is 0.491 e. The summed E-state index contributed by atoms with van der Waals surface area (Å²) in [5.41, 5.74) is 2.36. The molecule has 0 unspecified atom stereocenters. The summed E-state index contributed by atoms with van der Waals surface area (Å²) in [6.07, 6.45) is -1.65. The third kappa shape index (κ3) is 9.33. The third-order valence-electron chi connectivity index (χ3n) is 4.61. The van der Waals surface area contributed by atoms with Gasteiger partial charge in [-0.25, -0.2) is 4.79 Å². The highest BCUT2D eigenvalue weighted by Gasteiger charge is 2.28. The number of ether oxygens (including phenoxy) is 4. The molecule has 2 aromatic rings. The van der Waals surface area contributed by atoms with E-state index in [0.717, 1.165) is 5.56 Å². The quantitative estimate of drug-likeness (QED) is 0.297. The third-order valence-corrected chi connectivity index (χ3v) is 4.87. The van der Waals surface area contributed by atoms with Crippen molar-refractivity contribution in [3.63, 3.8) is 0 Å². The van der Waals surface area contributed by atoms with Crippen LogP contribution in [-0.2, 0) is 19.0 Å². The first-order valence-electron chi connectivity index (χ1n) is 10.7. The van der Waals surface area contributed by atoms with Crippen LogP contribution in [0.5, 0.6) is 5.75 Å². The number of aliphatic hydroxyl groups excluding tert-OH is 1. The lowest BCUT2D eigenvalue weighted by atomic mass is 10.0. The molecule has 2 aromatic carbocycles. The minimum Gasteiger partial charge on any atom is -0.491 e. The van der Waals surface area contributed by atoms with E-state index in [0.29, 0.717) is 30.0 Å². The Morgan fingerprint density at radius 1 is 1.06 bits per heavy atom. The molecular weight excluding hydrogens is 446 g/mol. The molecule has 2 N–H and O–H groups in total. The molecule has 0 saturated carbocycles. The zero-order valence-electron chi connectivity index (χ0n) is 18.9. The average molecular weight is 478 g/mol. The summed E-state index contributed by atoms with van der Waals surface area (Å²) in [5.74, 6) is 0.118. The molecule has 0 spiro atoms. The summed E-state index contributed by atoms with van der Waals surface area (Å²) in [6, 6.07) is 14.3. The van der Waals surface area contributed by atoms with Crippen molar-refractivity contribution in [2.24, 2.45) is 0 Å². The van der Waals surface area contributed by atoms with E-state index in [-0.39, 0.29) is 25.6 Å². The van der Waals surface area contributed by atoms with Gasteiger partial charge in [0.25, 0.3) is 0 Å². The van der Waals surface area contributed by atoms with Gasteiger partial charge in [0.1, 0.15) is 18.5 Å². The van der Waals surface area contributed by atoms with Gasteiger partial charge in [-0.05, 0) is 43.7 Å². The van der Waals surface area contributed by atoms with Crippen LogP contribution in [-0.4, -0.2) is 55.5 Å². The van der Waals surface area contributed by atoms with Crippen molar-refractivity contribution >= 4 is 30.4 Å². The number of amides is 1. The van der Waals surface area contributed by atoms with E-state index < -0.39 is 24.3 Å². The number of thiol groups is 1. The van der Waals surface area contributed by atoms with Crippen LogP contribution in [0.1, 0.15) is 30.6 Å². The Kier molecular flexibility index (Phi) is 11.6. The number of benzene rings is 2. The maximum Gasteiger partial charge on any atom is 0.412 e. The van der Waals surface area contributed by atoms with Gasteiger partial charge in [-0.2, -0.15) is 12.6 Å². The van der Waals surface area contributed by atoms with Crippen LogP contribution in [0.3, 0.4) is 0 Å².